The van der Waals surface area contributed by atoms with Crippen LogP contribution >= 0.6 is 0 Å². The fraction of sp³-hybridized carbons (Fsp3) is 0.867. The van der Waals surface area contributed by atoms with E-state index in [2.05, 4.69) is 18.8 Å². The van der Waals surface area contributed by atoms with Gasteiger partial charge >= 0.3 is 0 Å². The van der Waals surface area contributed by atoms with Gasteiger partial charge in [-0.2, -0.15) is 0 Å². The zero-order valence-corrected chi connectivity index (χ0v) is 11.4. The molecular formula is C15H27NO. The van der Waals surface area contributed by atoms with E-state index in [1.54, 1.807) is 0 Å². The first-order valence-electron chi connectivity index (χ1n) is 7.06. The molecule has 1 aliphatic carbocycles. The Kier molecular flexibility index (Phi) is 7.32. The maximum absolute atomic E-state index is 6.28. The third kappa shape index (κ3) is 5.10. The normalized spacial score (nSPS) is 20.4. The first-order valence-corrected chi connectivity index (χ1v) is 7.06. The van der Waals surface area contributed by atoms with E-state index in [0.717, 1.165) is 19.4 Å². The molecule has 1 saturated carbocycles. The van der Waals surface area contributed by atoms with Crippen molar-refractivity contribution in [3.05, 3.63) is 0 Å². The van der Waals surface area contributed by atoms with E-state index in [9.17, 15) is 0 Å². The van der Waals surface area contributed by atoms with Gasteiger partial charge < -0.3 is 10.5 Å². The molecule has 2 atom stereocenters. The summed E-state index contributed by atoms with van der Waals surface area (Å²) in [5.41, 5.74) is 6.28. The molecule has 2 nitrogen and oxygen atoms in total. The Hall–Kier alpha value is -0.520. The van der Waals surface area contributed by atoms with Crippen molar-refractivity contribution in [3.8, 4) is 11.8 Å². The minimum atomic E-state index is 0.152. The van der Waals surface area contributed by atoms with E-state index in [0.29, 0.717) is 5.92 Å². The summed E-state index contributed by atoms with van der Waals surface area (Å²) in [6, 6.07) is 0.152. The standard InChI is InChI=1S/C15H27NO/c1-3-5-7-12-14(16)15(17-4-2)13-10-8-6-9-11-13/h13-15H,4,6-12,16H2,1-2H3. The molecule has 0 aromatic carbocycles. The summed E-state index contributed by atoms with van der Waals surface area (Å²) in [5.74, 6) is 6.70. The quantitative estimate of drug-likeness (QED) is 0.720. The topological polar surface area (TPSA) is 35.2 Å². The van der Waals surface area contributed by atoms with Crippen molar-refractivity contribution < 1.29 is 4.74 Å². The number of hydrogen-bond acceptors (Lipinski definition) is 2. The Balaban J connectivity index is 2.46. The van der Waals surface area contributed by atoms with Crippen LogP contribution in [0.1, 0.15) is 58.8 Å². The molecule has 0 spiro atoms. The number of ether oxygens (including phenoxy) is 1. The Morgan fingerprint density at radius 2 is 2.00 bits per heavy atom. The Morgan fingerprint density at radius 1 is 1.29 bits per heavy atom. The largest absolute Gasteiger partial charge is 0.377 e. The van der Waals surface area contributed by atoms with Gasteiger partial charge in [-0.15, -0.1) is 11.8 Å². The fourth-order valence-corrected chi connectivity index (χ4v) is 2.79. The van der Waals surface area contributed by atoms with Gasteiger partial charge in [-0.05, 0) is 39.0 Å². The van der Waals surface area contributed by atoms with E-state index in [4.69, 9.17) is 10.5 Å². The lowest BCUT2D eigenvalue weighted by molar-refractivity contribution is -0.0105. The molecule has 0 aromatic heterocycles. The smallest absolute Gasteiger partial charge is 0.0754 e. The molecular weight excluding hydrogens is 210 g/mol. The van der Waals surface area contributed by atoms with Crippen LogP contribution in [0.4, 0.5) is 0 Å². The molecule has 17 heavy (non-hydrogen) atoms. The Labute approximate surface area is 106 Å². The lowest BCUT2D eigenvalue weighted by atomic mass is 9.82. The lowest BCUT2D eigenvalue weighted by Gasteiger charge is -2.33. The molecule has 0 saturated heterocycles. The van der Waals surface area contributed by atoms with Crippen molar-refractivity contribution in [2.75, 3.05) is 6.61 Å². The Bertz CT molecular complexity index is 247. The van der Waals surface area contributed by atoms with E-state index in [1.165, 1.54) is 32.1 Å². The van der Waals surface area contributed by atoms with Crippen LogP contribution in [0, 0.1) is 17.8 Å². The average Bonchev–Trinajstić information content (AvgIpc) is 2.37. The van der Waals surface area contributed by atoms with Crippen LogP contribution in [0.15, 0.2) is 0 Å². The van der Waals surface area contributed by atoms with Gasteiger partial charge in [-0.25, -0.2) is 0 Å². The van der Waals surface area contributed by atoms with Crippen LogP contribution in [-0.4, -0.2) is 18.8 Å². The molecule has 0 heterocycles. The highest BCUT2D eigenvalue weighted by atomic mass is 16.5. The van der Waals surface area contributed by atoms with Gasteiger partial charge in [0, 0.05) is 19.1 Å². The fourth-order valence-electron chi connectivity index (χ4n) is 2.79. The lowest BCUT2D eigenvalue weighted by Crippen LogP contribution is -2.42. The molecule has 1 fully saturated rings. The van der Waals surface area contributed by atoms with Gasteiger partial charge in [0.05, 0.1) is 6.10 Å². The molecule has 2 N–H and O–H groups in total. The van der Waals surface area contributed by atoms with Crippen LogP contribution in [0.2, 0.25) is 0 Å². The van der Waals surface area contributed by atoms with Crippen molar-refractivity contribution >= 4 is 0 Å². The summed E-state index contributed by atoms with van der Waals surface area (Å²) in [7, 11) is 0. The maximum Gasteiger partial charge on any atom is 0.0754 e. The summed E-state index contributed by atoms with van der Waals surface area (Å²) >= 11 is 0. The molecule has 1 aliphatic rings. The van der Waals surface area contributed by atoms with Crippen molar-refractivity contribution in [1.29, 1.82) is 0 Å². The van der Waals surface area contributed by atoms with Crippen LogP contribution in [0.5, 0.6) is 0 Å². The molecule has 0 aliphatic heterocycles. The second-order valence-corrected chi connectivity index (χ2v) is 4.95. The maximum atomic E-state index is 6.28. The van der Waals surface area contributed by atoms with E-state index < -0.39 is 0 Å². The predicted octanol–water partition coefficient (Wildman–Crippen LogP) is 3.10. The first kappa shape index (κ1) is 14.5. The molecule has 0 aromatic rings. The number of rotatable bonds is 6. The molecule has 1 rings (SSSR count). The van der Waals surface area contributed by atoms with Crippen molar-refractivity contribution in [2.45, 2.75) is 70.9 Å². The summed E-state index contributed by atoms with van der Waals surface area (Å²) in [6.45, 7) is 4.72. The van der Waals surface area contributed by atoms with Gasteiger partial charge in [-0.1, -0.05) is 19.3 Å². The monoisotopic (exact) mass is 237 g/mol. The molecule has 0 radical (unpaired) electrons. The molecule has 2 heteroatoms. The summed E-state index contributed by atoms with van der Waals surface area (Å²) < 4.78 is 5.90. The van der Waals surface area contributed by atoms with Gasteiger partial charge in [0.1, 0.15) is 0 Å². The van der Waals surface area contributed by atoms with Crippen molar-refractivity contribution in [1.82, 2.24) is 0 Å². The second-order valence-electron chi connectivity index (χ2n) is 4.95. The highest BCUT2D eigenvalue weighted by molar-refractivity contribution is 4.96. The average molecular weight is 237 g/mol. The van der Waals surface area contributed by atoms with Gasteiger partial charge in [0.2, 0.25) is 0 Å². The summed E-state index contributed by atoms with van der Waals surface area (Å²) in [5, 5.41) is 0. The SMILES string of the molecule is CC#CCCC(N)C(OCC)C1CCCCC1. The third-order valence-electron chi connectivity index (χ3n) is 3.67. The van der Waals surface area contributed by atoms with Crippen LogP contribution in [-0.2, 0) is 4.74 Å². The van der Waals surface area contributed by atoms with Gasteiger partial charge in [0.15, 0.2) is 0 Å². The minimum absolute atomic E-state index is 0.152. The molecule has 2 unspecified atom stereocenters. The van der Waals surface area contributed by atoms with E-state index in [1.807, 2.05) is 6.92 Å². The predicted molar refractivity (Wildman–Crippen MR) is 72.6 cm³/mol. The minimum Gasteiger partial charge on any atom is -0.377 e. The van der Waals surface area contributed by atoms with E-state index >= 15 is 0 Å². The van der Waals surface area contributed by atoms with Crippen LogP contribution in [0.25, 0.3) is 0 Å². The molecule has 0 bridgehead atoms. The van der Waals surface area contributed by atoms with Gasteiger partial charge in [0.25, 0.3) is 0 Å². The van der Waals surface area contributed by atoms with E-state index in [-0.39, 0.29) is 12.1 Å². The van der Waals surface area contributed by atoms with Gasteiger partial charge in [-0.3, -0.25) is 0 Å². The summed E-state index contributed by atoms with van der Waals surface area (Å²) in [6.07, 6.45) is 8.75. The number of nitrogens with two attached hydrogens (primary N) is 1. The second kappa shape index (κ2) is 8.55. The Morgan fingerprint density at radius 3 is 2.59 bits per heavy atom. The van der Waals surface area contributed by atoms with Crippen LogP contribution < -0.4 is 5.73 Å². The zero-order valence-electron chi connectivity index (χ0n) is 11.4. The van der Waals surface area contributed by atoms with Crippen molar-refractivity contribution in [2.24, 2.45) is 11.7 Å². The van der Waals surface area contributed by atoms with Crippen molar-refractivity contribution in [3.63, 3.8) is 0 Å². The summed E-state index contributed by atoms with van der Waals surface area (Å²) in [4.78, 5) is 0. The first-order chi connectivity index (χ1) is 8.29. The molecule has 98 valence electrons. The molecule has 0 amide bonds. The third-order valence-corrected chi connectivity index (χ3v) is 3.67. The highest BCUT2D eigenvalue weighted by Gasteiger charge is 2.28. The zero-order chi connectivity index (χ0) is 12.5. The van der Waals surface area contributed by atoms with Crippen LogP contribution in [0.3, 0.4) is 0 Å². The highest BCUT2D eigenvalue weighted by Crippen LogP contribution is 2.29. The number of hydrogen-bond donors (Lipinski definition) is 1.